The summed E-state index contributed by atoms with van der Waals surface area (Å²) < 4.78 is 0. The predicted octanol–water partition coefficient (Wildman–Crippen LogP) is 4.27. The molecule has 1 fully saturated rings. The van der Waals surface area contributed by atoms with Crippen LogP contribution in [0.25, 0.3) is 0 Å². The van der Waals surface area contributed by atoms with Crippen molar-refractivity contribution in [2.24, 2.45) is 5.11 Å². The van der Waals surface area contributed by atoms with Crippen LogP contribution in [-0.4, -0.2) is 35.4 Å². The summed E-state index contributed by atoms with van der Waals surface area (Å²) in [6, 6.07) is 14.0. The molecule has 1 aliphatic heterocycles. The highest BCUT2D eigenvalue weighted by atomic mass is 16.1. The van der Waals surface area contributed by atoms with Gasteiger partial charge in [-0.15, -0.1) is 0 Å². The lowest BCUT2D eigenvalue weighted by Gasteiger charge is -2.32. The van der Waals surface area contributed by atoms with Gasteiger partial charge < -0.3 is 10.6 Å². The highest BCUT2D eigenvalue weighted by molar-refractivity contribution is 5.90. The van der Waals surface area contributed by atoms with Gasteiger partial charge in [-0.25, -0.2) is 5.53 Å². The van der Waals surface area contributed by atoms with Crippen LogP contribution in [0, 0.1) is 5.53 Å². The Morgan fingerprint density at radius 1 is 1.27 bits per heavy atom. The normalized spacial score (nSPS) is 15.6. The molecule has 3 N–H and O–H groups in total. The minimum absolute atomic E-state index is 0.0390. The number of likely N-dealkylation sites (tertiary alicyclic amines) is 1. The maximum atomic E-state index is 11.6. The Morgan fingerprint density at radius 3 is 2.80 bits per heavy atom. The number of nitrogens with zero attached hydrogens (tertiary/aromatic N) is 3. The molecule has 0 aliphatic carbocycles. The van der Waals surface area contributed by atoms with Gasteiger partial charge in [0.05, 0.1) is 17.9 Å². The van der Waals surface area contributed by atoms with Gasteiger partial charge in [0.2, 0.25) is 5.91 Å². The molecule has 3 rings (SSSR count). The first-order valence-electron chi connectivity index (χ1n) is 10.5. The molecule has 2 aromatic rings. The van der Waals surface area contributed by atoms with Crippen molar-refractivity contribution in [3.8, 4) is 0 Å². The maximum Gasteiger partial charge on any atom is 0.224 e. The fraction of sp³-hybridized carbons (Fsp3) is 0.391. The summed E-state index contributed by atoms with van der Waals surface area (Å²) in [6.07, 6.45) is 6.17. The quantitative estimate of drug-likeness (QED) is 0.542. The number of nitrogens with one attached hydrogen (secondary N) is 3. The van der Waals surface area contributed by atoms with Gasteiger partial charge in [0.1, 0.15) is 0 Å². The second kappa shape index (κ2) is 11.2. The summed E-state index contributed by atoms with van der Waals surface area (Å²) in [5.74, 6) is 0.527. The van der Waals surface area contributed by atoms with Crippen molar-refractivity contribution in [2.75, 3.05) is 25.0 Å². The molecule has 0 bridgehead atoms. The van der Waals surface area contributed by atoms with E-state index in [9.17, 15) is 4.79 Å². The minimum atomic E-state index is 0.0390. The van der Waals surface area contributed by atoms with Crippen LogP contribution in [0.3, 0.4) is 0 Å². The molecule has 30 heavy (non-hydrogen) atoms. The minimum Gasteiger partial charge on any atom is -0.384 e. The monoisotopic (exact) mass is 406 g/mol. The van der Waals surface area contributed by atoms with Crippen molar-refractivity contribution < 1.29 is 4.79 Å². The Hall–Kier alpha value is -3.06. The second-order valence-electron chi connectivity index (χ2n) is 7.53. The second-order valence-corrected chi connectivity index (χ2v) is 7.53. The average molecular weight is 407 g/mol. The molecule has 0 unspecified atom stereocenters. The Bertz CT molecular complexity index is 859. The van der Waals surface area contributed by atoms with Crippen LogP contribution in [0.5, 0.6) is 0 Å². The maximum absolute atomic E-state index is 11.6. The van der Waals surface area contributed by atoms with E-state index in [0.717, 1.165) is 37.3 Å². The Labute approximate surface area is 178 Å². The topological polar surface area (TPSA) is 93.5 Å². The van der Waals surface area contributed by atoms with E-state index in [1.807, 2.05) is 43.5 Å². The van der Waals surface area contributed by atoms with Crippen molar-refractivity contribution in [1.82, 2.24) is 15.2 Å². The van der Waals surface area contributed by atoms with Gasteiger partial charge in [0.15, 0.2) is 0 Å². The molecule has 158 valence electrons. The highest BCUT2D eigenvalue weighted by Crippen LogP contribution is 2.29. The van der Waals surface area contributed by atoms with Gasteiger partial charge in [0, 0.05) is 31.0 Å². The first-order chi connectivity index (χ1) is 14.7. The van der Waals surface area contributed by atoms with Crippen LogP contribution in [0.4, 0.5) is 5.69 Å². The molecule has 7 heteroatoms. The molecule has 1 aromatic heterocycles. The third-order valence-electron chi connectivity index (χ3n) is 5.36. The van der Waals surface area contributed by atoms with Crippen molar-refractivity contribution in [2.45, 2.75) is 38.6 Å². The van der Waals surface area contributed by atoms with E-state index in [0.29, 0.717) is 31.1 Å². The standard InChI is InChI=1S/C23H30N6O/c1-2-23(30)27-20-8-5-6-19(14-20)18-9-12-29(13-10-18)17-22(28-24)16-25-15-21-7-3-4-11-26-21/h3-8,11,14,16,18,24-25H,2,9-10,12-13,15,17H2,1H3,(H,27,30)/b22-16-,28-24?. The summed E-state index contributed by atoms with van der Waals surface area (Å²) in [7, 11) is 0. The van der Waals surface area contributed by atoms with E-state index in [-0.39, 0.29) is 5.91 Å². The number of piperidine rings is 1. The zero-order valence-corrected chi connectivity index (χ0v) is 17.5. The lowest BCUT2D eigenvalue weighted by atomic mass is 9.89. The fourth-order valence-electron chi connectivity index (χ4n) is 3.66. The van der Waals surface area contributed by atoms with Crippen LogP contribution >= 0.6 is 0 Å². The van der Waals surface area contributed by atoms with Gasteiger partial charge in [-0.3, -0.25) is 14.7 Å². The number of aromatic nitrogens is 1. The van der Waals surface area contributed by atoms with Crippen molar-refractivity contribution in [3.05, 3.63) is 71.8 Å². The van der Waals surface area contributed by atoms with Gasteiger partial charge in [-0.05, 0) is 61.7 Å². The van der Waals surface area contributed by atoms with Crippen LogP contribution < -0.4 is 10.6 Å². The number of amides is 1. The predicted molar refractivity (Wildman–Crippen MR) is 118 cm³/mol. The molecule has 1 saturated heterocycles. The number of carbonyl (C=O) groups excluding carboxylic acids is 1. The van der Waals surface area contributed by atoms with Gasteiger partial charge in [-0.1, -0.05) is 25.1 Å². The Morgan fingerprint density at radius 2 is 2.10 bits per heavy atom. The summed E-state index contributed by atoms with van der Waals surface area (Å²) in [6.45, 7) is 5.06. The van der Waals surface area contributed by atoms with E-state index in [1.165, 1.54) is 5.56 Å². The number of anilines is 1. The average Bonchev–Trinajstić information content (AvgIpc) is 2.79. The van der Waals surface area contributed by atoms with Crippen LogP contribution in [0.2, 0.25) is 0 Å². The summed E-state index contributed by atoms with van der Waals surface area (Å²) in [5.41, 5.74) is 11.3. The largest absolute Gasteiger partial charge is 0.384 e. The number of benzene rings is 1. The molecular weight excluding hydrogens is 376 g/mol. The number of carbonyl (C=O) groups is 1. The zero-order chi connectivity index (χ0) is 21.2. The van der Waals surface area contributed by atoms with Crippen LogP contribution in [-0.2, 0) is 11.3 Å². The molecule has 7 nitrogen and oxygen atoms in total. The molecule has 0 atom stereocenters. The zero-order valence-electron chi connectivity index (χ0n) is 17.5. The Balaban J connectivity index is 1.48. The SMILES string of the molecule is CCC(=O)Nc1cccc(C2CCN(C/C(=C/NCc3ccccn3)N=N)CC2)c1. The molecule has 0 spiro atoms. The molecule has 0 saturated carbocycles. The number of hydrogen-bond acceptors (Lipinski definition) is 6. The molecule has 1 aliphatic rings. The van der Waals surface area contributed by atoms with E-state index in [1.54, 1.807) is 6.20 Å². The summed E-state index contributed by atoms with van der Waals surface area (Å²) in [4.78, 5) is 18.3. The van der Waals surface area contributed by atoms with E-state index >= 15 is 0 Å². The molecule has 0 radical (unpaired) electrons. The van der Waals surface area contributed by atoms with E-state index in [4.69, 9.17) is 5.53 Å². The number of rotatable bonds is 9. The van der Waals surface area contributed by atoms with Crippen molar-refractivity contribution in [3.63, 3.8) is 0 Å². The smallest absolute Gasteiger partial charge is 0.224 e. The highest BCUT2D eigenvalue weighted by Gasteiger charge is 2.21. The van der Waals surface area contributed by atoms with Gasteiger partial charge in [0.25, 0.3) is 0 Å². The van der Waals surface area contributed by atoms with E-state index < -0.39 is 0 Å². The van der Waals surface area contributed by atoms with Gasteiger partial charge in [-0.2, -0.15) is 5.11 Å². The molecule has 1 amide bonds. The number of hydrogen-bond donors (Lipinski definition) is 3. The van der Waals surface area contributed by atoms with Crippen molar-refractivity contribution in [1.29, 1.82) is 5.53 Å². The molecule has 2 heterocycles. The first-order valence-corrected chi connectivity index (χ1v) is 10.5. The summed E-state index contributed by atoms with van der Waals surface area (Å²) >= 11 is 0. The number of pyridine rings is 1. The van der Waals surface area contributed by atoms with Crippen molar-refractivity contribution >= 4 is 11.6 Å². The molecule has 1 aromatic carbocycles. The summed E-state index contributed by atoms with van der Waals surface area (Å²) in [5, 5.41) is 9.83. The van der Waals surface area contributed by atoms with E-state index in [2.05, 4.69) is 37.8 Å². The molecular formula is C23H30N6O. The fourth-order valence-corrected chi connectivity index (χ4v) is 3.66. The lowest BCUT2D eigenvalue weighted by Crippen LogP contribution is -2.34. The van der Waals surface area contributed by atoms with Gasteiger partial charge >= 0.3 is 0 Å². The first kappa shape index (κ1) is 21.6. The lowest BCUT2D eigenvalue weighted by molar-refractivity contribution is -0.115. The van der Waals surface area contributed by atoms with Crippen LogP contribution in [0.1, 0.15) is 43.4 Å². The van der Waals surface area contributed by atoms with Crippen LogP contribution in [0.15, 0.2) is 65.7 Å². The third kappa shape index (κ3) is 6.49. The Kier molecular flexibility index (Phi) is 8.09. The third-order valence-corrected chi connectivity index (χ3v) is 5.36.